The zero-order valence-electron chi connectivity index (χ0n) is 12.8. The summed E-state index contributed by atoms with van der Waals surface area (Å²) >= 11 is 6.20. The van der Waals surface area contributed by atoms with Crippen molar-refractivity contribution in [3.63, 3.8) is 0 Å². The van der Waals surface area contributed by atoms with Gasteiger partial charge < -0.3 is 5.11 Å². The van der Waals surface area contributed by atoms with Gasteiger partial charge in [-0.1, -0.05) is 38.4 Å². The Morgan fingerprint density at radius 2 is 2.00 bits per heavy atom. The van der Waals surface area contributed by atoms with Crippen molar-refractivity contribution >= 4 is 28.5 Å². The first-order chi connectivity index (χ1) is 9.70. The van der Waals surface area contributed by atoms with Gasteiger partial charge in [-0.05, 0) is 36.6 Å². The molecule has 0 amide bonds. The van der Waals surface area contributed by atoms with Crippen LogP contribution in [0.4, 0.5) is 0 Å². The molecule has 0 saturated carbocycles. The number of carboxylic acids is 1. The summed E-state index contributed by atoms with van der Waals surface area (Å²) < 4.78 is 0. The number of rotatable bonds is 3. The topological polar surface area (TPSA) is 50.2 Å². The maximum absolute atomic E-state index is 10.9. The number of benzene rings is 1. The molecular weight excluding hydrogens is 286 g/mol. The number of aryl methyl sites for hydroxylation is 2. The van der Waals surface area contributed by atoms with Crippen molar-refractivity contribution in [1.29, 1.82) is 0 Å². The molecule has 1 aromatic heterocycles. The molecule has 112 valence electrons. The van der Waals surface area contributed by atoms with Gasteiger partial charge in [-0.25, -0.2) is 0 Å². The molecule has 1 heterocycles. The molecule has 0 aliphatic heterocycles. The molecule has 1 N–H and O–H groups in total. The van der Waals surface area contributed by atoms with Gasteiger partial charge in [-0.15, -0.1) is 0 Å². The Labute approximate surface area is 130 Å². The quantitative estimate of drug-likeness (QED) is 0.907. The summed E-state index contributed by atoms with van der Waals surface area (Å²) in [7, 11) is 0. The van der Waals surface area contributed by atoms with Crippen LogP contribution in [0.25, 0.3) is 10.9 Å². The van der Waals surface area contributed by atoms with Gasteiger partial charge in [0.05, 0.1) is 5.52 Å². The Hall–Kier alpha value is -1.61. The first-order valence-electron chi connectivity index (χ1n) is 7.01. The van der Waals surface area contributed by atoms with Crippen LogP contribution < -0.4 is 0 Å². The molecular formula is C17H20ClNO2. The van der Waals surface area contributed by atoms with Crippen LogP contribution in [0.2, 0.25) is 5.02 Å². The minimum absolute atomic E-state index is 0.0963. The van der Waals surface area contributed by atoms with Gasteiger partial charge in [0.25, 0.3) is 0 Å². The number of nitrogens with zero attached hydrogens (tertiary/aromatic N) is 1. The fourth-order valence-corrected chi connectivity index (χ4v) is 2.46. The van der Waals surface area contributed by atoms with E-state index < -0.39 is 5.97 Å². The second-order valence-electron chi connectivity index (χ2n) is 6.38. The van der Waals surface area contributed by atoms with E-state index in [9.17, 15) is 4.79 Å². The third-order valence-corrected chi connectivity index (χ3v) is 4.04. The van der Waals surface area contributed by atoms with Gasteiger partial charge in [0.1, 0.15) is 0 Å². The number of fused-ring (bicyclic) bond motifs is 1. The highest BCUT2D eigenvalue weighted by Gasteiger charge is 2.19. The highest BCUT2D eigenvalue weighted by atomic mass is 35.5. The molecule has 3 nitrogen and oxygen atoms in total. The Kier molecular flexibility index (Phi) is 4.24. The Balaban J connectivity index is 2.69. The summed E-state index contributed by atoms with van der Waals surface area (Å²) in [6.07, 6.45) is 0.614. The van der Waals surface area contributed by atoms with E-state index in [0.717, 1.165) is 27.7 Å². The number of carboxylic acid groups (broad SMARTS) is 1. The Morgan fingerprint density at radius 1 is 1.33 bits per heavy atom. The number of hydrogen-bond acceptors (Lipinski definition) is 2. The Morgan fingerprint density at radius 3 is 2.57 bits per heavy atom. The highest BCUT2D eigenvalue weighted by Crippen LogP contribution is 2.31. The van der Waals surface area contributed by atoms with Crippen LogP contribution in [-0.4, -0.2) is 16.1 Å². The lowest BCUT2D eigenvalue weighted by molar-refractivity contribution is -0.136. The lowest BCUT2D eigenvalue weighted by atomic mass is 9.88. The fraction of sp³-hybridized carbons (Fsp3) is 0.412. The number of hydrogen-bond donors (Lipinski definition) is 1. The number of carbonyl (C=O) groups is 1. The normalized spacial score (nSPS) is 11.9. The van der Waals surface area contributed by atoms with Crippen molar-refractivity contribution in [2.24, 2.45) is 0 Å². The summed E-state index contributed by atoms with van der Waals surface area (Å²) in [6.45, 7) is 8.25. The second-order valence-corrected chi connectivity index (χ2v) is 6.79. The lowest BCUT2D eigenvalue weighted by Crippen LogP contribution is -2.15. The minimum atomic E-state index is -0.789. The molecule has 4 heteroatoms. The maximum Gasteiger partial charge on any atom is 0.303 e. The molecule has 0 aliphatic rings. The van der Waals surface area contributed by atoms with Crippen LogP contribution in [0.5, 0.6) is 0 Å². The average molecular weight is 306 g/mol. The van der Waals surface area contributed by atoms with Gasteiger partial charge in [0.2, 0.25) is 0 Å². The summed E-state index contributed by atoms with van der Waals surface area (Å²) in [5, 5.41) is 10.6. The molecule has 0 radical (unpaired) electrons. The van der Waals surface area contributed by atoms with E-state index in [1.165, 1.54) is 0 Å². The van der Waals surface area contributed by atoms with Crippen LogP contribution >= 0.6 is 11.6 Å². The average Bonchev–Trinajstić information content (AvgIpc) is 2.39. The molecule has 2 aromatic rings. The van der Waals surface area contributed by atoms with Crippen molar-refractivity contribution in [2.45, 2.75) is 46.0 Å². The summed E-state index contributed by atoms with van der Waals surface area (Å²) in [4.78, 5) is 15.6. The monoisotopic (exact) mass is 305 g/mol. The van der Waals surface area contributed by atoms with Gasteiger partial charge in [-0.2, -0.15) is 0 Å². The molecule has 0 unspecified atom stereocenters. The van der Waals surface area contributed by atoms with E-state index in [0.29, 0.717) is 11.4 Å². The van der Waals surface area contributed by atoms with Gasteiger partial charge in [-0.3, -0.25) is 9.78 Å². The van der Waals surface area contributed by atoms with Crippen molar-refractivity contribution in [1.82, 2.24) is 4.98 Å². The van der Waals surface area contributed by atoms with Gasteiger partial charge in [0, 0.05) is 27.9 Å². The van der Waals surface area contributed by atoms with Crippen LogP contribution in [0, 0.1) is 6.92 Å². The predicted octanol–water partition coefficient (Wildman–Crippen LogP) is 4.51. The van der Waals surface area contributed by atoms with E-state index in [1.54, 1.807) is 0 Å². The minimum Gasteiger partial charge on any atom is -0.481 e. The number of halogens is 1. The summed E-state index contributed by atoms with van der Waals surface area (Å²) in [6, 6.07) is 5.81. The first-order valence-corrected chi connectivity index (χ1v) is 7.39. The largest absolute Gasteiger partial charge is 0.481 e. The van der Waals surface area contributed by atoms with Crippen molar-refractivity contribution in [2.75, 3.05) is 0 Å². The molecule has 0 fully saturated rings. The third kappa shape index (κ3) is 3.35. The first kappa shape index (κ1) is 15.8. The van der Waals surface area contributed by atoms with E-state index in [1.807, 2.05) is 25.1 Å². The summed E-state index contributed by atoms with van der Waals surface area (Å²) in [5.41, 5.74) is 3.70. The number of pyridine rings is 1. The zero-order valence-corrected chi connectivity index (χ0v) is 13.6. The van der Waals surface area contributed by atoms with E-state index in [-0.39, 0.29) is 11.8 Å². The maximum atomic E-state index is 10.9. The lowest BCUT2D eigenvalue weighted by Gasteiger charge is -2.21. The van der Waals surface area contributed by atoms with E-state index in [2.05, 4.69) is 20.8 Å². The summed E-state index contributed by atoms with van der Waals surface area (Å²) in [5.74, 6) is -0.789. The van der Waals surface area contributed by atoms with Crippen LogP contribution in [0.1, 0.15) is 44.0 Å². The molecule has 0 atom stereocenters. The molecule has 0 aliphatic carbocycles. The van der Waals surface area contributed by atoms with Crippen LogP contribution in [0.3, 0.4) is 0 Å². The number of aromatic nitrogens is 1. The predicted molar refractivity (Wildman–Crippen MR) is 86.1 cm³/mol. The van der Waals surface area contributed by atoms with Crippen molar-refractivity contribution < 1.29 is 9.90 Å². The highest BCUT2D eigenvalue weighted by molar-refractivity contribution is 6.32. The molecule has 0 bridgehead atoms. The Bertz CT molecular complexity index is 702. The SMILES string of the molecule is Cc1c(Cl)ccc2c(CCC(=O)O)cc(C(C)(C)C)nc12. The van der Waals surface area contributed by atoms with Gasteiger partial charge >= 0.3 is 5.97 Å². The molecule has 2 rings (SSSR count). The molecule has 1 aromatic carbocycles. The third-order valence-electron chi connectivity index (χ3n) is 3.63. The molecule has 0 spiro atoms. The van der Waals surface area contributed by atoms with Crippen molar-refractivity contribution in [3.8, 4) is 0 Å². The zero-order chi connectivity index (χ0) is 15.8. The standard InChI is InChI=1S/C17H20ClNO2/c1-10-13(18)7-6-12-11(5-8-15(20)21)9-14(17(2,3)4)19-16(10)12/h6-7,9H,5,8H2,1-4H3,(H,20,21). The molecule has 21 heavy (non-hydrogen) atoms. The number of aliphatic carboxylic acids is 1. The smallest absolute Gasteiger partial charge is 0.303 e. The molecule has 0 saturated heterocycles. The van der Waals surface area contributed by atoms with E-state index in [4.69, 9.17) is 21.7 Å². The van der Waals surface area contributed by atoms with Crippen LogP contribution in [0.15, 0.2) is 18.2 Å². The van der Waals surface area contributed by atoms with Crippen molar-refractivity contribution in [3.05, 3.63) is 40.0 Å². The second kappa shape index (κ2) is 5.64. The van der Waals surface area contributed by atoms with Gasteiger partial charge in [0.15, 0.2) is 0 Å². The van der Waals surface area contributed by atoms with E-state index >= 15 is 0 Å². The fourth-order valence-electron chi connectivity index (χ4n) is 2.31. The van der Waals surface area contributed by atoms with Crippen LogP contribution in [-0.2, 0) is 16.6 Å².